The van der Waals surface area contributed by atoms with Gasteiger partial charge in [-0.15, -0.1) is 0 Å². The molecule has 2 nitrogen and oxygen atoms in total. The third-order valence-corrected chi connectivity index (χ3v) is 4.26. The second-order valence-electron chi connectivity index (χ2n) is 5.87. The minimum Gasteiger partial charge on any atom is -0.294 e. The van der Waals surface area contributed by atoms with E-state index in [0.717, 1.165) is 13.1 Å². The van der Waals surface area contributed by atoms with Crippen LogP contribution in [0.3, 0.4) is 0 Å². The summed E-state index contributed by atoms with van der Waals surface area (Å²) in [5, 5.41) is 2.12. The van der Waals surface area contributed by atoms with Crippen molar-refractivity contribution in [3.63, 3.8) is 0 Å². The highest BCUT2D eigenvalue weighted by Gasteiger charge is 2.20. The Morgan fingerprint density at radius 2 is 1.62 bits per heavy atom. The standard InChI is InChI=1S/C19H23NO/c1-16-7-9-18(10-8-16)19-11-13-20(14-12-19)21-15-17-5-3-2-4-6-17/h2-10,19H,11-15H2,1H3. The maximum Gasteiger partial charge on any atom is 0.0935 e. The summed E-state index contributed by atoms with van der Waals surface area (Å²) in [6.07, 6.45) is 2.36. The van der Waals surface area contributed by atoms with E-state index < -0.39 is 0 Å². The van der Waals surface area contributed by atoms with E-state index in [9.17, 15) is 0 Å². The number of benzene rings is 2. The van der Waals surface area contributed by atoms with Crippen LogP contribution in [0.25, 0.3) is 0 Å². The van der Waals surface area contributed by atoms with Gasteiger partial charge in [0.1, 0.15) is 0 Å². The predicted molar refractivity (Wildman–Crippen MR) is 86.0 cm³/mol. The Morgan fingerprint density at radius 3 is 2.29 bits per heavy atom. The van der Waals surface area contributed by atoms with Crippen LogP contribution < -0.4 is 0 Å². The molecule has 21 heavy (non-hydrogen) atoms. The van der Waals surface area contributed by atoms with Crippen molar-refractivity contribution in [3.8, 4) is 0 Å². The fourth-order valence-corrected chi connectivity index (χ4v) is 2.90. The summed E-state index contributed by atoms with van der Waals surface area (Å²) in [4.78, 5) is 5.91. The number of rotatable bonds is 4. The molecule has 0 N–H and O–H groups in total. The maximum atomic E-state index is 5.91. The lowest BCUT2D eigenvalue weighted by atomic mass is 9.90. The fourth-order valence-electron chi connectivity index (χ4n) is 2.90. The summed E-state index contributed by atoms with van der Waals surface area (Å²) >= 11 is 0. The number of piperidine rings is 1. The van der Waals surface area contributed by atoms with E-state index >= 15 is 0 Å². The van der Waals surface area contributed by atoms with Crippen LogP contribution in [0.1, 0.15) is 35.4 Å². The second kappa shape index (κ2) is 6.88. The molecule has 1 aliphatic heterocycles. The van der Waals surface area contributed by atoms with Crippen molar-refractivity contribution in [1.82, 2.24) is 5.06 Å². The second-order valence-corrected chi connectivity index (χ2v) is 5.87. The van der Waals surface area contributed by atoms with Crippen LogP contribution in [-0.2, 0) is 11.4 Å². The van der Waals surface area contributed by atoms with Crippen LogP contribution in [0.2, 0.25) is 0 Å². The Kier molecular flexibility index (Phi) is 4.69. The third-order valence-electron chi connectivity index (χ3n) is 4.26. The Morgan fingerprint density at radius 1 is 0.952 bits per heavy atom. The van der Waals surface area contributed by atoms with Crippen molar-refractivity contribution >= 4 is 0 Å². The summed E-state index contributed by atoms with van der Waals surface area (Å²) in [6.45, 7) is 4.86. The third kappa shape index (κ3) is 3.93. The molecule has 110 valence electrons. The lowest BCUT2D eigenvalue weighted by Crippen LogP contribution is -2.32. The number of hydroxylamine groups is 2. The molecular weight excluding hydrogens is 258 g/mol. The van der Waals surface area contributed by atoms with Gasteiger partial charge in [-0.3, -0.25) is 4.84 Å². The summed E-state index contributed by atoms with van der Waals surface area (Å²) in [5.41, 5.74) is 4.05. The monoisotopic (exact) mass is 281 g/mol. The maximum absolute atomic E-state index is 5.91. The first-order valence-electron chi connectivity index (χ1n) is 7.79. The Balaban J connectivity index is 1.48. The SMILES string of the molecule is Cc1ccc(C2CCN(OCc3ccccc3)CC2)cc1. The van der Waals surface area contributed by atoms with E-state index in [4.69, 9.17) is 4.84 Å². The molecule has 2 aromatic rings. The number of nitrogens with zero attached hydrogens (tertiary/aromatic N) is 1. The topological polar surface area (TPSA) is 12.5 Å². The van der Waals surface area contributed by atoms with E-state index in [1.54, 1.807) is 0 Å². The Labute approximate surface area is 127 Å². The lowest BCUT2D eigenvalue weighted by Gasteiger charge is -2.31. The van der Waals surface area contributed by atoms with Gasteiger partial charge in [-0.1, -0.05) is 60.2 Å². The van der Waals surface area contributed by atoms with Gasteiger partial charge in [0.15, 0.2) is 0 Å². The zero-order valence-electron chi connectivity index (χ0n) is 12.7. The van der Waals surface area contributed by atoms with Gasteiger partial charge in [-0.2, -0.15) is 5.06 Å². The first-order valence-corrected chi connectivity index (χ1v) is 7.79. The summed E-state index contributed by atoms with van der Waals surface area (Å²) in [5.74, 6) is 0.683. The minimum atomic E-state index is 0.677. The smallest absolute Gasteiger partial charge is 0.0935 e. The average molecular weight is 281 g/mol. The molecule has 0 saturated carbocycles. The first-order chi connectivity index (χ1) is 10.3. The average Bonchev–Trinajstić information content (AvgIpc) is 2.55. The molecule has 1 heterocycles. The largest absolute Gasteiger partial charge is 0.294 e. The number of aryl methyl sites for hydroxylation is 1. The molecule has 0 bridgehead atoms. The highest BCUT2D eigenvalue weighted by atomic mass is 16.7. The molecule has 0 atom stereocenters. The van der Waals surface area contributed by atoms with Gasteiger partial charge in [-0.05, 0) is 36.8 Å². The first kappa shape index (κ1) is 14.3. The summed E-state index contributed by atoms with van der Waals surface area (Å²) < 4.78 is 0. The molecule has 1 saturated heterocycles. The molecule has 2 aromatic carbocycles. The van der Waals surface area contributed by atoms with E-state index in [2.05, 4.69) is 60.5 Å². The van der Waals surface area contributed by atoms with Crippen LogP contribution in [-0.4, -0.2) is 18.2 Å². The van der Waals surface area contributed by atoms with Crippen LogP contribution in [0.15, 0.2) is 54.6 Å². The van der Waals surface area contributed by atoms with Gasteiger partial charge < -0.3 is 0 Å². The molecule has 1 fully saturated rings. The Bertz CT molecular complexity index is 542. The predicted octanol–water partition coefficient (Wildman–Crippen LogP) is 4.31. The number of hydrogen-bond donors (Lipinski definition) is 0. The van der Waals surface area contributed by atoms with Gasteiger partial charge in [0.05, 0.1) is 6.61 Å². The minimum absolute atomic E-state index is 0.677. The van der Waals surface area contributed by atoms with Gasteiger partial charge in [0.25, 0.3) is 0 Å². The normalized spacial score (nSPS) is 17.0. The van der Waals surface area contributed by atoms with Crippen LogP contribution in [0, 0.1) is 6.92 Å². The molecule has 0 unspecified atom stereocenters. The van der Waals surface area contributed by atoms with Crippen LogP contribution in [0.5, 0.6) is 0 Å². The van der Waals surface area contributed by atoms with Crippen molar-refractivity contribution < 1.29 is 4.84 Å². The quantitative estimate of drug-likeness (QED) is 0.828. The van der Waals surface area contributed by atoms with Gasteiger partial charge in [-0.25, -0.2) is 0 Å². The van der Waals surface area contributed by atoms with Crippen molar-refractivity contribution in [2.24, 2.45) is 0 Å². The Hall–Kier alpha value is -1.64. The van der Waals surface area contributed by atoms with E-state index in [-0.39, 0.29) is 0 Å². The molecule has 0 aliphatic carbocycles. The molecule has 0 radical (unpaired) electrons. The molecule has 1 aliphatic rings. The van der Waals surface area contributed by atoms with E-state index in [1.807, 2.05) is 6.07 Å². The highest BCUT2D eigenvalue weighted by molar-refractivity contribution is 5.24. The fraction of sp³-hybridized carbons (Fsp3) is 0.368. The molecular formula is C19H23NO. The van der Waals surface area contributed by atoms with Gasteiger partial charge >= 0.3 is 0 Å². The molecule has 0 aromatic heterocycles. The van der Waals surface area contributed by atoms with Crippen molar-refractivity contribution in [3.05, 3.63) is 71.3 Å². The van der Waals surface area contributed by atoms with Gasteiger partial charge in [0, 0.05) is 13.1 Å². The highest BCUT2D eigenvalue weighted by Crippen LogP contribution is 2.28. The summed E-state index contributed by atoms with van der Waals surface area (Å²) in [7, 11) is 0. The molecule has 2 heteroatoms. The molecule has 3 rings (SSSR count). The van der Waals surface area contributed by atoms with Crippen molar-refractivity contribution in [2.45, 2.75) is 32.3 Å². The van der Waals surface area contributed by atoms with Crippen molar-refractivity contribution in [2.75, 3.05) is 13.1 Å². The summed E-state index contributed by atoms with van der Waals surface area (Å²) in [6, 6.07) is 19.4. The lowest BCUT2D eigenvalue weighted by molar-refractivity contribution is -0.180. The van der Waals surface area contributed by atoms with E-state index in [1.165, 1.54) is 29.5 Å². The molecule has 0 amide bonds. The van der Waals surface area contributed by atoms with Crippen LogP contribution in [0.4, 0.5) is 0 Å². The van der Waals surface area contributed by atoms with Crippen LogP contribution >= 0.6 is 0 Å². The molecule has 0 spiro atoms. The van der Waals surface area contributed by atoms with Gasteiger partial charge in [0.2, 0.25) is 0 Å². The zero-order valence-corrected chi connectivity index (χ0v) is 12.7. The van der Waals surface area contributed by atoms with E-state index in [0.29, 0.717) is 12.5 Å². The number of hydrogen-bond acceptors (Lipinski definition) is 2. The zero-order chi connectivity index (χ0) is 14.5. The van der Waals surface area contributed by atoms with Crippen molar-refractivity contribution in [1.29, 1.82) is 0 Å².